The van der Waals surface area contributed by atoms with Crippen molar-refractivity contribution in [2.75, 3.05) is 11.4 Å². The van der Waals surface area contributed by atoms with E-state index in [9.17, 15) is 35.5 Å². The first-order chi connectivity index (χ1) is 14.8. The highest BCUT2D eigenvalue weighted by Crippen LogP contribution is 2.54. The molecule has 0 spiro atoms. The number of aryl methyl sites for hydroxylation is 1. The van der Waals surface area contributed by atoms with Crippen LogP contribution in [0.15, 0.2) is 42.5 Å². The predicted molar refractivity (Wildman–Crippen MR) is 102 cm³/mol. The van der Waals surface area contributed by atoms with Crippen molar-refractivity contribution >= 4 is 11.7 Å². The van der Waals surface area contributed by atoms with E-state index in [1.165, 1.54) is 18.2 Å². The SMILES string of the molecule is O=C(O)c1ccc(N2CC[C@H]3c4ccc(C(F)(C(F)(F)F)C(F)(F)F)cc4CC[C@H]32)cc1. The van der Waals surface area contributed by atoms with E-state index in [1.807, 2.05) is 0 Å². The number of nitrogens with zero attached hydrogens (tertiary/aromatic N) is 1. The summed E-state index contributed by atoms with van der Waals surface area (Å²) in [4.78, 5) is 13.1. The Bertz CT molecular complexity index is 1020. The molecule has 0 amide bonds. The van der Waals surface area contributed by atoms with Crippen LogP contribution in [0.4, 0.5) is 36.4 Å². The van der Waals surface area contributed by atoms with Gasteiger partial charge in [0.2, 0.25) is 0 Å². The third-order valence-electron chi connectivity index (χ3n) is 6.42. The van der Waals surface area contributed by atoms with E-state index in [-0.39, 0.29) is 23.9 Å². The second-order valence-electron chi connectivity index (χ2n) is 8.11. The molecule has 2 aromatic rings. The van der Waals surface area contributed by atoms with Crippen molar-refractivity contribution in [2.24, 2.45) is 0 Å². The lowest BCUT2D eigenvalue weighted by molar-refractivity contribution is -0.348. The van der Waals surface area contributed by atoms with Gasteiger partial charge in [-0.05, 0) is 54.7 Å². The normalized spacial score (nSPS) is 21.3. The van der Waals surface area contributed by atoms with Crippen LogP contribution in [0.25, 0.3) is 0 Å². The molecule has 32 heavy (non-hydrogen) atoms. The fourth-order valence-corrected chi connectivity index (χ4v) is 4.88. The van der Waals surface area contributed by atoms with Crippen molar-refractivity contribution in [3.8, 4) is 0 Å². The van der Waals surface area contributed by atoms with E-state index in [0.717, 1.165) is 5.69 Å². The number of carboxylic acids is 1. The highest BCUT2D eigenvalue weighted by Gasteiger charge is 2.73. The summed E-state index contributed by atoms with van der Waals surface area (Å²) in [7, 11) is 0. The molecule has 172 valence electrons. The zero-order valence-corrected chi connectivity index (χ0v) is 16.5. The van der Waals surface area contributed by atoms with E-state index < -0.39 is 29.6 Å². The third kappa shape index (κ3) is 3.40. The van der Waals surface area contributed by atoms with Crippen LogP contribution in [0.5, 0.6) is 0 Å². The number of hydrogen-bond acceptors (Lipinski definition) is 2. The Kier molecular flexibility index (Phi) is 5.17. The summed E-state index contributed by atoms with van der Waals surface area (Å²) in [6.45, 7) is 0.598. The average molecular weight is 461 g/mol. The van der Waals surface area contributed by atoms with Crippen molar-refractivity contribution in [2.45, 2.75) is 49.2 Å². The minimum atomic E-state index is -6.14. The number of aromatic carboxylic acids is 1. The summed E-state index contributed by atoms with van der Waals surface area (Å²) in [5.41, 5.74) is -5.04. The average Bonchev–Trinajstić information content (AvgIpc) is 3.15. The summed E-state index contributed by atoms with van der Waals surface area (Å²) >= 11 is 0. The fourth-order valence-electron chi connectivity index (χ4n) is 4.88. The van der Waals surface area contributed by atoms with E-state index in [4.69, 9.17) is 5.11 Å². The Hall–Kier alpha value is -2.78. The molecule has 10 heteroatoms. The molecule has 1 N–H and O–H groups in total. The Morgan fingerprint density at radius 3 is 2.09 bits per heavy atom. The van der Waals surface area contributed by atoms with Gasteiger partial charge < -0.3 is 10.0 Å². The lowest BCUT2D eigenvalue weighted by Crippen LogP contribution is -2.50. The molecule has 1 aliphatic heterocycles. The number of halogens is 7. The van der Waals surface area contributed by atoms with Gasteiger partial charge >= 0.3 is 24.0 Å². The lowest BCUT2D eigenvalue weighted by atomic mass is 9.77. The van der Waals surface area contributed by atoms with Crippen molar-refractivity contribution in [1.82, 2.24) is 0 Å². The van der Waals surface area contributed by atoms with Gasteiger partial charge in [0.25, 0.3) is 0 Å². The summed E-state index contributed by atoms with van der Waals surface area (Å²) in [6, 6.07) is 8.74. The third-order valence-corrected chi connectivity index (χ3v) is 6.42. The topological polar surface area (TPSA) is 40.5 Å². The van der Waals surface area contributed by atoms with Gasteiger partial charge in [-0.2, -0.15) is 26.3 Å². The van der Waals surface area contributed by atoms with Gasteiger partial charge in [0.05, 0.1) is 5.56 Å². The van der Waals surface area contributed by atoms with Crippen molar-refractivity contribution in [3.63, 3.8) is 0 Å². The number of rotatable bonds is 3. The van der Waals surface area contributed by atoms with E-state index in [1.54, 1.807) is 12.1 Å². The smallest absolute Gasteiger partial charge is 0.435 e. The predicted octanol–water partition coefficient (Wildman–Crippen LogP) is 5.98. The van der Waals surface area contributed by atoms with Crippen LogP contribution in [0.3, 0.4) is 0 Å². The zero-order valence-electron chi connectivity index (χ0n) is 16.5. The molecule has 0 unspecified atom stereocenters. The van der Waals surface area contributed by atoms with Crippen LogP contribution in [-0.2, 0) is 12.1 Å². The summed E-state index contributed by atoms with van der Waals surface area (Å²) in [5.74, 6) is -1.18. The summed E-state index contributed by atoms with van der Waals surface area (Å²) in [5, 5.41) is 9.04. The molecule has 2 aliphatic rings. The molecule has 2 atom stereocenters. The highest BCUT2D eigenvalue weighted by atomic mass is 19.4. The molecule has 0 bridgehead atoms. The van der Waals surface area contributed by atoms with Gasteiger partial charge in [0.15, 0.2) is 0 Å². The first kappa shape index (κ1) is 22.4. The van der Waals surface area contributed by atoms with Crippen LogP contribution < -0.4 is 4.90 Å². The van der Waals surface area contributed by atoms with Gasteiger partial charge in [-0.1, -0.05) is 18.2 Å². The van der Waals surface area contributed by atoms with Gasteiger partial charge in [-0.15, -0.1) is 0 Å². The van der Waals surface area contributed by atoms with E-state index >= 15 is 0 Å². The molecule has 2 aromatic carbocycles. The number of anilines is 1. The van der Waals surface area contributed by atoms with Crippen LogP contribution in [0.1, 0.15) is 45.8 Å². The first-order valence-corrected chi connectivity index (χ1v) is 9.90. The first-order valence-electron chi connectivity index (χ1n) is 9.90. The maximum atomic E-state index is 14.4. The second-order valence-corrected chi connectivity index (χ2v) is 8.11. The summed E-state index contributed by atoms with van der Waals surface area (Å²) < 4.78 is 93.1. The molecule has 0 radical (unpaired) electrons. The lowest BCUT2D eigenvalue weighted by Gasteiger charge is -2.36. The van der Waals surface area contributed by atoms with Gasteiger partial charge in [0, 0.05) is 29.8 Å². The van der Waals surface area contributed by atoms with Crippen LogP contribution >= 0.6 is 0 Å². The Morgan fingerprint density at radius 2 is 1.53 bits per heavy atom. The van der Waals surface area contributed by atoms with Gasteiger partial charge in [0.1, 0.15) is 0 Å². The molecule has 0 saturated carbocycles. The number of benzene rings is 2. The Balaban J connectivity index is 1.65. The minimum Gasteiger partial charge on any atom is -0.478 e. The number of hydrogen-bond donors (Lipinski definition) is 1. The van der Waals surface area contributed by atoms with E-state index in [2.05, 4.69) is 4.90 Å². The molecule has 4 rings (SSSR count). The number of carboxylic acid groups (broad SMARTS) is 1. The van der Waals surface area contributed by atoms with Crippen LogP contribution in [0.2, 0.25) is 0 Å². The second kappa shape index (κ2) is 7.38. The number of carbonyl (C=O) groups is 1. The molecule has 0 aromatic heterocycles. The monoisotopic (exact) mass is 461 g/mol. The maximum absolute atomic E-state index is 14.4. The molecular weight excluding hydrogens is 443 g/mol. The minimum absolute atomic E-state index is 0.0376. The van der Waals surface area contributed by atoms with Gasteiger partial charge in [-0.25, -0.2) is 9.18 Å². The van der Waals surface area contributed by atoms with Crippen molar-refractivity contribution < 1.29 is 40.6 Å². The largest absolute Gasteiger partial charge is 0.478 e. The summed E-state index contributed by atoms with van der Waals surface area (Å²) in [6.07, 6.45) is -11.0. The van der Waals surface area contributed by atoms with Crippen molar-refractivity contribution in [3.05, 3.63) is 64.7 Å². The molecule has 3 nitrogen and oxygen atoms in total. The number of alkyl halides is 7. The maximum Gasteiger partial charge on any atom is 0.435 e. The Morgan fingerprint density at radius 1 is 0.906 bits per heavy atom. The highest BCUT2D eigenvalue weighted by molar-refractivity contribution is 5.88. The van der Waals surface area contributed by atoms with Crippen LogP contribution in [0, 0.1) is 0 Å². The molecule has 1 saturated heterocycles. The molecular formula is C22H18F7NO2. The fraction of sp³-hybridized carbons (Fsp3) is 0.409. The zero-order chi connectivity index (χ0) is 23.5. The molecule has 1 aliphatic carbocycles. The van der Waals surface area contributed by atoms with E-state index in [0.29, 0.717) is 42.6 Å². The standard InChI is InChI=1S/C22H18F7NO2/c23-20(21(24,25)26,22(27,28)29)14-4-7-16-13(11-14)3-8-18-17(16)9-10-30(18)15-5-1-12(2-6-15)19(31)32/h1-2,4-7,11,17-18H,3,8-10H2,(H,31,32)/t17-,18+/m0/s1. The Labute approximate surface area is 178 Å². The number of fused-ring (bicyclic) bond motifs is 3. The quantitative estimate of drug-likeness (QED) is 0.572. The van der Waals surface area contributed by atoms with Crippen LogP contribution in [-0.4, -0.2) is 36.0 Å². The molecule has 1 fully saturated rings. The van der Waals surface area contributed by atoms with Gasteiger partial charge in [-0.3, -0.25) is 0 Å². The molecule has 1 heterocycles. The van der Waals surface area contributed by atoms with Crippen molar-refractivity contribution in [1.29, 1.82) is 0 Å².